The van der Waals surface area contributed by atoms with Gasteiger partial charge in [-0.2, -0.15) is 0 Å². The van der Waals surface area contributed by atoms with Gasteiger partial charge in [-0.3, -0.25) is 14.4 Å². The molecule has 1 unspecified atom stereocenters. The van der Waals surface area contributed by atoms with Crippen molar-refractivity contribution in [2.75, 3.05) is 13.2 Å². The van der Waals surface area contributed by atoms with E-state index in [4.69, 9.17) is 14.2 Å². The molecule has 0 aromatic rings. The lowest BCUT2D eigenvalue weighted by atomic mass is 10.1. The highest BCUT2D eigenvalue weighted by atomic mass is 16.6. The van der Waals surface area contributed by atoms with E-state index in [1.165, 1.54) is 6.42 Å². The highest BCUT2D eigenvalue weighted by Gasteiger charge is 2.19. The molecule has 0 aliphatic heterocycles. The van der Waals surface area contributed by atoms with Gasteiger partial charge in [0.25, 0.3) is 0 Å². The zero-order valence-electron chi connectivity index (χ0n) is 38.8. The number of unbranched alkanes of at least 4 members (excludes halogenated alkanes) is 12. The molecule has 0 aliphatic rings. The summed E-state index contributed by atoms with van der Waals surface area (Å²) >= 11 is 0. The Bertz CT molecular complexity index is 1490. The molecule has 0 bridgehead atoms. The molecular formula is C56H82O6. The van der Waals surface area contributed by atoms with Gasteiger partial charge in [-0.25, -0.2) is 0 Å². The van der Waals surface area contributed by atoms with Gasteiger partial charge in [0.1, 0.15) is 13.2 Å². The molecule has 0 rings (SSSR count). The van der Waals surface area contributed by atoms with Crippen molar-refractivity contribution in [3.63, 3.8) is 0 Å². The molecule has 0 N–H and O–H groups in total. The first kappa shape index (κ1) is 57.0. The summed E-state index contributed by atoms with van der Waals surface area (Å²) in [6, 6.07) is 0. The van der Waals surface area contributed by atoms with Crippen LogP contribution in [0.15, 0.2) is 158 Å². The maximum absolute atomic E-state index is 12.7. The number of carbonyl (C=O) groups excluding carboxylic acids is 3. The molecule has 342 valence electrons. The van der Waals surface area contributed by atoms with E-state index in [0.717, 1.165) is 103 Å². The Morgan fingerprint density at radius 3 is 1.00 bits per heavy atom. The SMILES string of the molecule is CC/C=C/C=C/C=C/C=C/CCCCCC(=O)OCC(COC(=O)CCCCCCC/C=C/C=C/C=C/C=C/C=C/CCC)OC(=O)CCCCC/C=C/C=C/C=C/C=C/CC. The number of allylic oxidation sites excluding steroid dienone is 26. The lowest BCUT2D eigenvalue weighted by molar-refractivity contribution is -0.167. The molecule has 6 nitrogen and oxygen atoms in total. The lowest BCUT2D eigenvalue weighted by Crippen LogP contribution is -2.30. The van der Waals surface area contributed by atoms with Gasteiger partial charge in [0.2, 0.25) is 0 Å². The molecule has 0 aromatic heterocycles. The molecule has 0 saturated heterocycles. The van der Waals surface area contributed by atoms with Crippen molar-refractivity contribution in [2.45, 2.75) is 162 Å². The van der Waals surface area contributed by atoms with Gasteiger partial charge >= 0.3 is 17.9 Å². The predicted octanol–water partition coefficient (Wildman–Crippen LogP) is 15.5. The van der Waals surface area contributed by atoms with Crippen molar-refractivity contribution in [3.05, 3.63) is 158 Å². The van der Waals surface area contributed by atoms with Crippen molar-refractivity contribution >= 4 is 17.9 Å². The Morgan fingerprint density at radius 2 is 0.629 bits per heavy atom. The van der Waals surface area contributed by atoms with E-state index >= 15 is 0 Å². The molecule has 0 amide bonds. The smallest absolute Gasteiger partial charge is 0.306 e. The number of hydrogen-bond donors (Lipinski definition) is 0. The number of rotatable bonds is 39. The van der Waals surface area contributed by atoms with Crippen molar-refractivity contribution in [3.8, 4) is 0 Å². The molecule has 0 heterocycles. The van der Waals surface area contributed by atoms with Crippen molar-refractivity contribution in [1.82, 2.24) is 0 Å². The molecule has 0 saturated carbocycles. The monoisotopic (exact) mass is 851 g/mol. The van der Waals surface area contributed by atoms with E-state index < -0.39 is 6.10 Å². The molecule has 1 atom stereocenters. The maximum Gasteiger partial charge on any atom is 0.306 e. The minimum Gasteiger partial charge on any atom is -0.462 e. The lowest BCUT2D eigenvalue weighted by Gasteiger charge is -2.18. The third kappa shape index (κ3) is 46.1. The van der Waals surface area contributed by atoms with Crippen LogP contribution < -0.4 is 0 Å². The molecule has 0 aromatic carbocycles. The fraction of sp³-hybridized carbons (Fsp3) is 0.482. The molecular weight excluding hydrogens is 769 g/mol. The highest BCUT2D eigenvalue weighted by molar-refractivity contribution is 5.71. The van der Waals surface area contributed by atoms with Crippen LogP contribution in [-0.2, 0) is 28.6 Å². The van der Waals surface area contributed by atoms with Crippen LogP contribution in [-0.4, -0.2) is 37.2 Å². The van der Waals surface area contributed by atoms with E-state index in [2.05, 4.69) is 69.4 Å². The highest BCUT2D eigenvalue weighted by Crippen LogP contribution is 2.11. The number of esters is 3. The quantitative estimate of drug-likeness (QED) is 0.0265. The van der Waals surface area contributed by atoms with E-state index in [-0.39, 0.29) is 44.0 Å². The Labute approximate surface area is 378 Å². The van der Waals surface area contributed by atoms with Crippen LogP contribution in [0.4, 0.5) is 0 Å². The second-order valence-electron chi connectivity index (χ2n) is 14.9. The maximum atomic E-state index is 12.7. The molecule has 0 spiro atoms. The number of ether oxygens (including phenoxy) is 3. The zero-order chi connectivity index (χ0) is 45.1. The van der Waals surface area contributed by atoms with Crippen molar-refractivity contribution in [1.29, 1.82) is 0 Å². The van der Waals surface area contributed by atoms with Gasteiger partial charge < -0.3 is 14.2 Å². The summed E-state index contributed by atoms with van der Waals surface area (Å²) in [5.41, 5.74) is 0. The standard InChI is InChI=1S/C56H82O6/c1-4-7-10-13-16-19-22-25-26-27-28-29-32-34-37-40-43-46-49-55(58)61-52-53(62-56(59)50-47-44-41-38-35-31-24-21-18-15-12-9-6-3)51-60-54(57)48-45-42-39-36-33-30-23-20-17-14-11-8-5-2/h8-31,33,35,53H,4-7,32,34,36-52H2,1-3H3/b11-8+,12-9+,13-10+,17-14+,18-15+,19-16+,23-20+,24-21+,25-22+,27-26+,29-28+,33-30+,35-31+. The van der Waals surface area contributed by atoms with E-state index in [9.17, 15) is 14.4 Å². The van der Waals surface area contributed by atoms with Crippen LogP contribution in [0.1, 0.15) is 156 Å². The van der Waals surface area contributed by atoms with Gasteiger partial charge in [0, 0.05) is 19.3 Å². The van der Waals surface area contributed by atoms with Crippen LogP contribution in [0.2, 0.25) is 0 Å². The molecule has 0 radical (unpaired) electrons. The van der Waals surface area contributed by atoms with Crippen LogP contribution in [0.3, 0.4) is 0 Å². The van der Waals surface area contributed by atoms with E-state index in [1.54, 1.807) is 0 Å². The summed E-state index contributed by atoms with van der Waals surface area (Å²) in [6.45, 7) is 6.13. The Hall–Kier alpha value is -4.97. The third-order valence-electron chi connectivity index (χ3n) is 9.05. The first-order valence-electron chi connectivity index (χ1n) is 23.7. The number of carbonyl (C=O) groups is 3. The average Bonchev–Trinajstić information content (AvgIpc) is 3.27. The summed E-state index contributed by atoms with van der Waals surface area (Å²) in [6.07, 6.45) is 70.8. The predicted molar refractivity (Wildman–Crippen MR) is 265 cm³/mol. The summed E-state index contributed by atoms with van der Waals surface area (Å²) < 4.78 is 16.6. The first-order chi connectivity index (χ1) is 30.5. The Morgan fingerprint density at radius 1 is 0.339 bits per heavy atom. The van der Waals surface area contributed by atoms with Crippen LogP contribution in [0.5, 0.6) is 0 Å². The van der Waals surface area contributed by atoms with Crippen molar-refractivity contribution < 1.29 is 28.6 Å². The average molecular weight is 851 g/mol. The van der Waals surface area contributed by atoms with Crippen LogP contribution in [0.25, 0.3) is 0 Å². The molecule has 0 aliphatic carbocycles. The molecule has 0 fully saturated rings. The van der Waals surface area contributed by atoms with E-state index in [0.29, 0.717) is 12.8 Å². The summed E-state index contributed by atoms with van der Waals surface area (Å²) in [5, 5.41) is 0. The Kier molecular flexibility index (Phi) is 44.8. The van der Waals surface area contributed by atoms with Gasteiger partial charge in [0.15, 0.2) is 6.10 Å². The second-order valence-corrected chi connectivity index (χ2v) is 14.9. The molecule has 6 heteroatoms. The Balaban J connectivity index is 4.60. The molecule has 62 heavy (non-hydrogen) atoms. The first-order valence-corrected chi connectivity index (χ1v) is 23.7. The van der Waals surface area contributed by atoms with Gasteiger partial charge in [-0.15, -0.1) is 0 Å². The fourth-order valence-corrected chi connectivity index (χ4v) is 5.55. The van der Waals surface area contributed by atoms with Crippen LogP contribution in [0, 0.1) is 0 Å². The number of hydrogen-bond acceptors (Lipinski definition) is 6. The van der Waals surface area contributed by atoms with Gasteiger partial charge in [-0.05, 0) is 77.0 Å². The largest absolute Gasteiger partial charge is 0.462 e. The normalized spacial score (nSPS) is 13.5. The van der Waals surface area contributed by atoms with E-state index in [1.807, 2.05) is 109 Å². The topological polar surface area (TPSA) is 78.9 Å². The fourth-order valence-electron chi connectivity index (χ4n) is 5.55. The summed E-state index contributed by atoms with van der Waals surface area (Å²) in [5.74, 6) is -1.05. The minimum atomic E-state index is -0.833. The van der Waals surface area contributed by atoms with Crippen molar-refractivity contribution in [2.24, 2.45) is 0 Å². The summed E-state index contributed by atoms with van der Waals surface area (Å²) in [7, 11) is 0. The zero-order valence-corrected chi connectivity index (χ0v) is 38.8. The van der Waals surface area contributed by atoms with Gasteiger partial charge in [0.05, 0.1) is 0 Å². The summed E-state index contributed by atoms with van der Waals surface area (Å²) in [4.78, 5) is 37.9. The van der Waals surface area contributed by atoms with Crippen LogP contribution >= 0.6 is 0 Å². The minimum absolute atomic E-state index is 0.129. The second kappa shape index (κ2) is 48.7. The van der Waals surface area contributed by atoms with Gasteiger partial charge in [-0.1, -0.05) is 217 Å². The third-order valence-corrected chi connectivity index (χ3v) is 9.05.